The van der Waals surface area contributed by atoms with Gasteiger partial charge in [-0.2, -0.15) is 10.4 Å². The summed E-state index contributed by atoms with van der Waals surface area (Å²) >= 11 is 12.0. The van der Waals surface area contributed by atoms with E-state index in [0.717, 1.165) is 0 Å². The van der Waals surface area contributed by atoms with Crippen LogP contribution in [0.2, 0.25) is 10.0 Å². The highest BCUT2D eigenvalue weighted by atomic mass is 35.5. The van der Waals surface area contributed by atoms with Gasteiger partial charge in [-0.15, -0.1) is 0 Å². The van der Waals surface area contributed by atoms with Crippen molar-refractivity contribution in [3.05, 3.63) is 40.0 Å². The molecule has 0 spiro atoms. The zero-order valence-corrected chi connectivity index (χ0v) is 11.1. The van der Waals surface area contributed by atoms with Crippen LogP contribution in [0.4, 0.5) is 5.82 Å². The molecule has 6 heteroatoms. The fourth-order valence-electron chi connectivity index (χ4n) is 1.60. The molecular weight excluding hydrogens is 271 g/mol. The van der Waals surface area contributed by atoms with Crippen LogP contribution in [0, 0.1) is 11.3 Å². The Morgan fingerprint density at radius 3 is 2.83 bits per heavy atom. The molecule has 0 unspecified atom stereocenters. The molecule has 0 bridgehead atoms. The van der Waals surface area contributed by atoms with Crippen LogP contribution >= 0.6 is 23.2 Å². The van der Waals surface area contributed by atoms with Crippen molar-refractivity contribution in [3.8, 4) is 11.8 Å². The first-order chi connectivity index (χ1) is 8.67. The van der Waals surface area contributed by atoms with E-state index < -0.39 is 0 Å². The molecule has 92 valence electrons. The van der Waals surface area contributed by atoms with Gasteiger partial charge >= 0.3 is 0 Å². The summed E-state index contributed by atoms with van der Waals surface area (Å²) in [5.74, 6) is 0.629. The first kappa shape index (κ1) is 12.7. The fraction of sp³-hybridized carbons (Fsp3) is 0.167. The Labute approximate surface area is 115 Å². The van der Waals surface area contributed by atoms with Crippen LogP contribution in [0.1, 0.15) is 12.5 Å². The Bertz CT molecular complexity index is 613. The molecule has 2 aromatic rings. The molecule has 1 aromatic carbocycles. The number of nitriles is 1. The summed E-state index contributed by atoms with van der Waals surface area (Å²) in [6.45, 7) is 2.63. The van der Waals surface area contributed by atoms with E-state index in [0.29, 0.717) is 33.7 Å². The largest absolute Gasteiger partial charge is 0.369 e. The highest BCUT2D eigenvalue weighted by molar-refractivity contribution is 6.35. The van der Waals surface area contributed by atoms with Crippen LogP contribution in [-0.4, -0.2) is 16.3 Å². The number of nitrogens with one attached hydrogen (secondary N) is 1. The molecule has 2 rings (SSSR count). The maximum absolute atomic E-state index is 9.02. The maximum Gasteiger partial charge on any atom is 0.147 e. The molecule has 0 saturated carbocycles. The first-order valence-electron chi connectivity index (χ1n) is 5.34. The lowest BCUT2D eigenvalue weighted by molar-refractivity contribution is 0.878. The van der Waals surface area contributed by atoms with Crippen LogP contribution in [0.15, 0.2) is 24.4 Å². The van der Waals surface area contributed by atoms with Gasteiger partial charge in [-0.25, -0.2) is 4.68 Å². The predicted molar refractivity (Wildman–Crippen MR) is 72.5 cm³/mol. The normalized spacial score (nSPS) is 10.1. The number of halogens is 2. The molecule has 0 aliphatic heterocycles. The second-order valence-electron chi connectivity index (χ2n) is 3.56. The van der Waals surface area contributed by atoms with Crippen LogP contribution in [0.3, 0.4) is 0 Å². The van der Waals surface area contributed by atoms with Gasteiger partial charge in [0.05, 0.1) is 16.9 Å². The number of anilines is 1. The van der Waals surface area contributed by atoms with E-state index in [9.17, 15) is 0 Å². The molecule has 18 heavy (non-hydrogen) atoms. The van der Waals surface area contributed by atoms with Gasteiger partial charge in [0.25, 0.3) is 0 Å². The molecule has 0 atom stereocenters. The summed E-state index contributed by atoms with van der Waals surface area (Å²) in [7, 11) is 0. The van der Waals surface area contributed by atoms with E-state index in [1.165, 1.54) is 6.20 Å². The molecule has 0 radical (unpaired) electrons. The summed E-state index contributed by atoms with van der Waals surface area (Å²) in [6.07, 6.45) is 1.50. The van der Waals surface area contributed by atoms with E-state index in [-0.39, 0.29) is 0 Å². The molecule has 1 aromatic heterocycles. The minimum absolute atomic E-state index is 0.475. The molecule has 0 amide bonds. The van der Waals surface area contributed by atoms with Gasteiger partial charge in [-0.1, -0.05) is 23.2 Å². The zero-order chi connectivity index (χ0) is 13.1. The smallest absolute Gasteiger partial charge is 0.147 e. The van der Waals surface area contributed by atoms with Gasteiger partial charge in [0.1, 0.15) is 17.5 Å². The van der Waals surface area contributed by atoms with E-state index >= 15 is 0 Å². The lowest BCUT2D eigenvalue weighted by Gasteiger charge is -2.10. The Hall–Kier alpha value is -1.70. The van der Waals surface area contributed by atoms with Crippen molar-refractivity contribution >= 4 is 29.0 Å². The summed E-state index contributed by atoms with van der Waals surface area (Å²) < 4.78 is 1.60. The van der Waals surface area contributed by atoms with Crippen molar-refractivity contribution in [2.45, 2.75) is 6.92 Å². The van der Waals surface area contributed by atoms with Crippen LogP contribution in [-0.2, 0) is 0 Å². The third-order valence-electron chi connectivity index (χ3n) is 2.37. The van der Waals surface area contributed by atoms with Crippen molar-refractivity contribution in [2.24, 2.45) is 0 Å². The Balaban J connectivity index is 2.57. The van der Waals surface area contributed by atoms with Crippen LogP contribution in [0.5, 0.6) is 0 Å². The van der Waals surface area contributed by atoms with Gasteiger partial charge < -0.3 is 5.32 Å². The van der Waals surface area contributed by atoms with Crippen molar-refractivity contribution in [1.29, 1.82) is 5.26 Å². The standard InChI is InChI=1S/C12H10Cl2N4/c1-2-16-12-8(6-15)7-17-18(12)11-4-3-9(13)5-10(11)14/h3-5,7,16H,2H2,1H3. The van der Waals surface area contributed by atoms with E-state index in [1.54, 1.807) is 22.9 Å². The molecular formula is C12H10Cl2N4. The Morgan fingerprint density at radius 1 is 1.44 bits per heavy atom. The second kappa shape index (κ2) is 5.30. The number of benzene rings is 1. The molecule has 0 saturated heterocycles. The minimum Gasteiger partial charge on any atom is -0.369 e. The average Bonchev–Trinajstić information content (AvgIpc) is 2.73. The monoisotopic (exact) mass is 280 g/mol. The number of rotatable bonds is 3. The van der Waals surface area contributed by atoms with Gasteiger partial charge in [-0.3, -0.25) is 0 Å². The molecule has 4 nitrogen and oxygen atoms in total. The quantitative estimate of drug-likeness (QED) is 0.937. The number of hydrogen-bond donors (Lipinski definition) is 1. The van der Waals surface area contributed by atoms with E-state index in [1.807, 2.05) is 6.92 Å². The lowest BCUT2D eigenvalue weighted by atomic mass is 10.3. The Morgan fingerprint density at radius 2 is 2.22 bits per heavy atom. The summed E-state index contributed by atoms with van der Waals surface area (Å²) in [5.41, 5.74) is 1.15. The zero-order valence-electron chi connectivity index (χ0n) is 9.61. The number of nitrogens with zero attached hydrogens (tertiary/aromatic N) is 3. The van der Waals surface area contributed by atoms with Gasteiger partial charge in [0.2, 0.25) is 0 Å². The first-order valence-corrected chi connectivity index (χ1v) is 6.10. The molecule has 0 aliphatic rings. The minimum atomic E-state index is 0.475. The topological polar surface area (TPSA) is 53.6 Å². The van der Waals surface area contributed by atoms with Crippen LogP contribution < -0.4 is 5.32 Å². The third-order valence-corrected chi connectivity index (χ3v) is 2.91. The van der Waals surface area contributed by atoms with Crippen LogP contribution in [0.25, 0.3) is 5.69 Å². The molecule has 0 fully saturated rings. The van der Waals surface area contributed by atoms with Crippen molar-refractivity contribution < 1.29 is 0 Å². The van der Waals surface area contributed by atoms with E-state index in [2.05, 4.69) is 16.5 Å². The number of hydrogen-bond acceptors (Lipinski definition) is 3. The maximum atomic E-state index is 9.02. The highest BCUT2D eigenvalue weighted by Crippen LogP contribution is 2.27. The van der Waals surface area contributed by atoms with Gasteiger partial charge in [0.15, 0.2) is 0 Å². The van der Waals surface area contributed by atoms with Crippen molar-refractivity contribution in [2.75, 3.05) is 11.9 Å². The lowest BCUT2D eigenvalue weighted by Crippen LogP contribution is -2.07. The summed E-state index contributed by atoms with van der Waals surface area (Å²) in [6, 6.07) is 7.22. The average molecular weight is 281 g/mol. The third kappa shape index (κ3) is 2.28. The second-order valence-corrected chi connectivity index (χ2v) is 4.40. The molecule has 0 aliphatic carbocycles. The molecule has 1 N–H and O–H groups in total. The predicted octanol–water partition coefficient (Wildman–Crippen LogP) is 3.48. The molecule has 1 heterocycles. The number of aromatic nitrogens is 2. The van der Waals surface area contributed by atoms with Crippen molar-refractivity contribution in [3.63, 3.8) is 0 Å². The van der Waals surface area contributed by atoms with Crippen molar-refractivity contribution in [1.82, 2.24) is 9.78 Å². The van der Waals surface area contributed by atoms with Gasteiger partial charge in [-0.05, 0) is 25.1 Å². The summed E-state index contributed by atoms with van der Waals surface area (Å²) in [4.78, 5) is 0. The summed E-state index contributed by atoms with van der Waals surface area (Å²) in [5, 5.41) is 17.3. The SMILES string of the molecule is CCNc1c(C#N)cnn1-c1ccc(Cl)cc1Cl. The van der Waals surface area contributed by atoms with Gasteiger partial charge in [0, 0.05) is 11.6 Å². The Kier molecular flexibility index (Phi) is 3.75. The van der Waals surface area contributed by atoms with E-state index in [4.69, 9.17) is 28.5 Å². The fourth-order valence-corrected chi connectivity index (χ4v) is 2.09. The highest BCUT2D eigenvalue weighted by Gasteiger charge is 2.13.